The molecular formula is C8H20Cl2O10. The Hall–Kier alpha value is -0.720. The molecule has 10 nitrogen and oxygen atoms in total. The highest BCUT2D eigenvalue weighted by Gasteiger charge is 1.71. The van der Waals surface area contributed by atoms with Crippen molar-refractivity contribution in [2.75, 3.05) is 39.6 Å². The summed E-state index contributed by atoms with van der Waals surface area (Å²) in [6, 6.07) is 0. The van der Waals surface area contributed by atoms with E-state index in [2.05, 4.69) is 23.2 Å². The number of carboxylic acid groups (broad SMARTS) is 2. The Kier molecular flexibility index (Phi) is 67.8. The van der Waals surface area contributed by atoms with E-state index in [9.17, 15) is 0 Å². The van der Waals surface area contributed by atoms with Gasteiger partial charge in [-0.25, -0.2) is 9.59 Å². The molecule has 8 N–H and O–H groups in total. The van der Waals surface area contributed by atoms with Crippen LogP contribution in [-0.2, 0) is 0 Å². The summed E-state index contributed by atoms with van der Waals surface area (Å²) in [6.07, 6.45) is 0. The molecule has 0 unspecified atom stereocenters. The molecule has 0 radical (unpaired) electrons. The van der Waals surface area contributed by atoms with Crippen molar-refractivity contribution in [1.29, 1.82) is 0 Å². The lowest BCUT2D eigenvalue weighted by molar-refractivity contribution is 0.186. The number of hydrogen-bond acceptors (Lipinski definition) is 8. The molecular weight excluding hydrogens is 327 g/mol. The highest BCUT2D eigenvalue weighted by molar-refractivity contribution is 6.60. The Morgan fingerprint density at radius 2 is 0.600 bits per heavy atom. The molecule has 0 fully saturated rings. The SMILES string of the molecule is O=C(O)Cl.O=C(O)Cl.OCCO.OCCO.OCCO. The number of hydrogen-bond donors (Lipinski definition) is 8. The van der Waals surface area contributed by atoms with Crippen LogP contribution < -0.4 is 0 Å². The first-order valence-corrected chi connectivity index (χ1v) is 5.39. The van der Waals surface area contributed by atoms with E-state index < -0.39 is 10.9 Å². The molecule has 0 aliphatic carbocycles. The lowest BCUT2D eigenvalue weighted by atomic mass is 10.8. The van der Waals surface area contributed by atoms with Crippen molar-refractivity contribution in [3.63, 3.8) is 0 Å². The van der Waals surface area contributed by atoms with Crippen LogP contribution in [0.15, 0.2) is 0 Å². The lowest BCUT2D eigenvalue weighted by Crippen LogP contribution is -1.85. The minimum absolute atomic E-state index is 0.125. The predicted octanol–water partition coefficient (Wildman–Crippen LogP) is -1.28. The van der Waals surface area contributed by atoms with Crippen molar-refractivity contribution in [1.82, 2.24) is 0 Å². The monoisotopic (exact) mass is 346 g/mol. The van der Waals surface area contributed by atoms with Gasteiger partial charge in [-0.15, -0.1) is 0 Å². The van der Waals surface area contributed by atoms with Gasteiger partial charge in [-0.05, 0) is 0 Å². The normalized spacial score (nSPS) is 7.00. The number of aliphatic hydroxyl groups is 6. The first-order chi connectivity index (χ1) is 9.21. The maximum absolute atomic E-state index is 8.77. The number of aliphatic hydroxyl groups excluding tert-OH is 6. The first kappa shape index (κ1) is 31.6. The summed E-state index contributed by atoms with van der Waals surface area (Å²) in [5, 5.41) is 60.1. The molecule has 20 heavy (non-hydrogen) atoms. The maximum atomic E-state index is 8.77. The smallest absolute Gasteiger partial charge is 0.401 e. The zero-order chi connectivity index (χ0) is 17.4. The topological polar surface area (TPSA) is 196 Å². The van der Waals surface area contributed by atoms with Crippen molar-refractivity contribution < 1.29 is 50.4 Å². The molecule has 0 aliphatic rings. The van der Waals surface area contributed by atoms with Crippen LogP contribution in [0.3, 0.4) is 0 Å². The summed E-state index contributed by atoms with van der Waals surface area (Å²) < 4.78 is 0. The van der Waals surface area contributed by atoms with Crippen LogP contribution in [0.5, 0.6) is 0 Å². The lowest BCUT2D eigenvalue weighted by Gasteiger charge is -1.70. The van der Waals surface area contributed by atoms with E-state index in [0.29, 0.717) is 0 Å². The zero-order valence-corrected chi connectivity index (χ0v) is 11.9. The van der Waals surface area contributed by atoms with Gasteiger partial charge in [0.1, 0.15) is 0 Å². The second kappa shape index (κ2) is 42.9. The van der Waals surface area contributed by atoms with Crippen molar-refractivity contribution in [3.05, 3.63) is 0 Å². The summed E-state index contributed by atoms with van der Waals surface area (Å²) >= 11 is 8.38. The second-order valence-corrected chi connectivity index (χ2v) is 2.49. The molecule has 0 heterocycles. The summed E-state index contributed by atoms with van der Waals surface area (Å²) in [6.45, 7) is -0.750. The molecule has 0 amide bonds. The maximum Gasteiger partial charge on any atom is 0.401 e. The molecule has 0 atom stereocenters. The third-order valence-electron chi connectivity index (χ3n) is 0.300. The van der Waals surface area contributed by atoms with E-state index in [1.807, 2.05) is 0 Å². The summed E-state index contributed by atoms with van der Waals surface area (Å²) in [4.78, 5) is 17.5. The Morgan fingerprint density at radius 1 is 0.550 bits per heavy atom. The molecule has 0 aromatic rings. The van der Waals surface area contributed by atoms with Crippen molar-refractivity contribution in [3.8, 4) is 0 Å². The van der Waals surface area contributed by atoms with E-state index in [-0.39, 0.29) is 39.6 Å². The number of halogens is 2. The third-order valence-corrected chi connectivity index (χ3v) is 0.300. The Bertz CT molecular complexity index is 134. The van der Waals surface area contributed by atoms with Gasteiger partial charge in [-0.1, -0.05) is 0 Å². The standard InChI is InChI=1S/3C2H6O2.2CHClO2/c3*3-1-2-4;2*2-1(3)4/h3*3-4H,1-2H2;2*(H,3,4). The molecule has 0 aromatic heterocycles. The van der Waals surface area contributed by atoms with Crippen LogP contribution in [-0.4, -0.2) is 91.4 Å². The van der Waals surface area contributed by atoms with E-state index in [1.54, 1.807) is 0 Å². The molecule has 0 saturated heterocycles. The quantitative estimate of drug-likeness (QED) is 0.285. The minimum atomic E-state index is -1.36. The van der Waals surface area contributed by atoms with Crippen LogP contribution in [0.1, 0.15) is 0 Å². The molecule has 0 aromatic carbocycles. The zero-order valence-electron chi connectivity index (χ0n) is 10.4. The number of rotatable bonds is 3. The van der Waals surface area contributed by atoms with E-state index in [4.69, 9.17) is 50.4 Å². The van der Waals surface area contributed by atoms with Crippen LogP contribution in [0.2, 0.25) is 0 Å². The van der Waals surface area contributed by atoms with Gasteiger partial charge < -0.3 is 40.9 Å². The van der Waals surface area contributed by atoms with Gasteiger partial charge in [0.15, 0.2) is 0 Å². The van der Waals surface area contributed by atoms with Gasteiger partial charge in [0.2, 0.25) is 0 Å². The Labute approximate surface area is 125 Å². The fourth-order valence-electron chi connectivity index (χ4n) is 0. The van der Waals surface area contributed by atoms with Crippen LogP contribution >= 0.6 is 23.2 Å². The van der Waals surface area contributed by atoms with Gasteiger partial charge >= 0.3 is 10.9 Å². The average Bonchev–Trinajstić information content (AvgIpc) is 2.37. The summed E-state index contributed by atoms with van der Waals surface area (Å²) in [7, 11) is 0. The van der Waals surface area contributed by atoms with Gasteiger partial charge in [-0.2, -0.15) is 0 Å². The Balaban J connectivity index is -0.0000000469. The van der Waals surface area contributed by atoms with Crippen molar-refractivity contribution in [2.45, 2.75) is 0 Å². The van der Waals surface area contributed by atoms with E-state index in [1.165, 1.54) is 0 Å². The van der Waals surface area contributed by atoms with Gasteiger partial charge in [0.05, 0.1) is 39.6 Å². The third kappa shape index (κ3) is 881. The molecule has 0 spiro atoms. The van der Waals surface area contributed by atoms with Gasteiger partial charge in [-0.3, -0.25) is 0 Å². The number of carbonyl (C=O) groups is 2. The molecule has 12 heteroatoms. The second-order valence-electron chi connectivity index (χ2n) is 1.85. The summed E-state index contributed by atoms with van der Waals surface area (Å²) in [5.74, 6) is 0. The van der Waals surface area contributed by atoms with Gasteiger partial charge in [0, 0.05) is 23.2 Å². The van der Waals surface area contributed by atoms with Crippen molar-refractivity contribution >= 4 is 34.1 Å². The fraction of sp³-hybridized carbons (Fsp3) is 0.750. The van der Waals surface area contributed by atoms with E-state index in [0.717, 1.165) is 0 Å². The van der Waals surface area contributed by atoms with Crippen LogP contribution in [0.25, 0.3) is 0 Å². The Morgan fingerprint density at radius 3 is 0.600 bits per heavy atom. The van der Waals surface area contributed by atoms with Crippen LogP contribution in [0.4, 0.5) is 9.59 Å². The molecule has 0 aliphatic heterocycles. The highest BCUT2D eigenvalue weighted by Crippen LogP contribution is 1.68. The predicted molar refractivity (Wildman–Crippen MR) is 70.3 cm³/mol. The molecule has 0 saturated carbocycles. The molecule has 0 bridgehead atoms. The van der Waals surface area contributed by atoms with E-state index >= 15 is 0 Å². The minimum Gasteiger partial charge on any atom is -0.469 e. The largest absolute Gasteiger partial charge is 0.469 e. The van der Waals surface area contributed by atoms with Crippen molar-refractivity contribution in [2.24, 2.45) is 0 Å². The molecule has 126 valence electrons. The average molecular weight is 347 g/mol. The van der Waals surface area contributed by atoms with Gasteiger partial charge in [0.25, 0.3) is 0 Å². The highest BCUT2D eigenvalue weighted by atomic mass is 35.5. The summed E-state index contributed by atoms with van der Waals surface area (Å²) in [5.41, 5.74) is -2.72. The first-order valence-electron chi connectivity index (χ1n) is 4.63. The fourth-order valence-corrected chi connectivity index (χ4v) is 0. The molecule has 0 rings (SSSR count). The van der Waals surface area contributed by atoms with Crippen LogP contribution in [0, 0.1) is 0 Å².